The number of aliphatic carboxylic acids is 1. The Morgan fingerprint density at radius 3 is 2.74 bits per heavy atom. The third kappa shape index (κ3) is 4.26. The molecule has 23 heavy (non-hydrogen) atoms. The lowest BCUT2D eigenvalue weighted by atomic mass is 10.1. The van der Waals surface area contributed by atoms with E-state index in [-0.39, 0.29) is 6.42 Å². The maximum absolute atomic E-state index is 10.5. The number of carboxylic acids is 1. The predicted molar refractivity (Wildman–Crippen MR) is 89.1 cm³/mol. The molecule has 3 rings (SSSR count). The molecule has 2 aromatic heterocycles. The molecule has 1 N–H and O–H groups in total. The van der Waals surface area contributed by atoms with Gasteiger partial charge in [0.1, 0.15) is 5.75 Å². The summed E-state index contributed by atoms with van der Waals surface area (Å²) in [5.74, 6) is -0.00239. The highest BCUT2D eigenvalue weighted by Crippen LogP contribution is 2.30. The zero-order valence-corrected chi connectivity index (χ0v) is 13.3. The van der Waals surface area contributed by atoms with Crippen LogP contribution in [-0.4, -0.2) is 21.0 Å². The molecular weight excluding hydrogens is 312 g/mol. The summed E-state index contributed by atoms with van der Waals surface area (Å²) in [5, 5.41) is 9.19. The molecule has 0 bridgehead atoms. The minimum absolute atomic E-state index is 0.229. The number of aryl methyl sites for hydroxylation is 1. The van der Waals surface area contributed by atoms with Crippen LogP contribution in [0.4, 0.5) is 0 Å². The van der Waals surface area contributed by atoms with Crippen molar-refractivity contribution in [3.05, 3.63) is 48.2 Å². The lowest BCUT2D eigenvalue weighted by molar-refractivity contribution is -0.137. The van der Waals surface area contributed by atoms with Crippen molar-refractivity contribution in [3.8, 4) is 10.9 Å². The van der Waals surface area contributed by atoms with Crippen LogP contribution in [0.15, 0.2) is 42.6 Å². The number of unbranched alkanes of at least 4 members (excludes halogenated alkanes) is 1. The van der Waals surface area contributed by atoms with E-state index in [0.29, 0.717) is 17.3 Å². The van der Waals surface area contributed by atoms with E-state index in [4.69, 9.17) is 9.84 Å². The Morgan fingerprint density at radius 1 is 1.17 bits per heavy atom. The van der Waals surface area contributed by atoms with E-state index in [1.807, 2.05) is 36.4 Å². The number of rotatable bonds is 7. The van der Waals surface area contributed by atoms with E-state index < -0.39 is 5.97 Å². The third-order valence-corrected chi connectivity index (χ3v) is 4.27. The largest absolute Gasteiger partial charge is 0.481 e. The molecule has 0 saturated carbocycles. The molecule has 6 heteroatoms. The average molecular weight is 328 g/mol. The molecule has 0 spiro atoms. The van der Waals surface area contributed by atoms with Gasteiger partial charge >= 0.3 is 5.97 Å². The highest BCUT2D eigenvalue weighted by atomic mass is 32.1. The number of ether oxygens (including phenoxy) is 1. The van der Waals surface area contributed by atoms with Crippen molar-refractivity contribution in [1.82, 2.24) is 9.97 Å². The molecule has 0 atom stereocenters. The van der Waals surface area contributed by atoms with Gasteiger partial charge in [0.05, 0.1) is 4.70 Å². The van der Waals surface area contributed by atoms with Crippen LogP contribution in [0.25, 0.3) is 10.3 Å². The molecular formula is C17H16N2O3S. The molecule has 118 valence electrons. The number of aromatic nitrogens is 2. The van der Waals surface area contributed by atoms with Crippen LogP contribution in [0, 0.1) is 0 Å². The summed E-state index contributed by atoms with van der Waals surface area (Å²) >= 11 is 1.46. The number of carbonyl (C=O) groups is 1. The minimum atomic E-state index is -0.737. The van der Waals surface area contributed by atoms with Crippen molar-refractivity contribution in [1.29, 1.82) is 0 Å². The first kappa shape index (κ1) is 15.4. The van der Waals surface area contributed by atoms with Crippen molar-refractivity contribution in [2.75, 3.05) is 0 Å². The molecule has 3 aromatic rings. The number of pyridine rings is 1. The van der Waals surface area contributed by atoms with Gasteiger partial charge in [-0.1, -0.05) is 23.5 Å². The van der Waals surface area contributed by atoms with E-state index in [2.05, 4.69) is 9.97 Å². The molecule has 0 aliphatic carbocycles. The zero-order valence-electron chi connectivity index (χ0n) is 12.4. The van der Waals surface area contributed by atoms with Crippen LogP contribution in [0.5, 0.6) is 10.9 Å². The second-order valence-electron chi connectivity index (χ2n) is 5.15. The predicted octanol–water partition coefficient (Wildman–Crippen LogP) is 4.28. The summed E-state index contributed by atoms with van der Waals surface area (Å²) in [6.07, 6.45) is 4.39. The molecule has 0 aliphatic rings. The Balaban J connectivity index is 1.57. The van der Waals surface area contributed by atoms with Gasteiger partial charge in [-0.25, -0.2) is 4.98 Å². The first-order valence-electron chi connectivity index (χ1n) is 7.41. The molecule has 1 aromatic carbocycles. The third-order valence-electron chi connectivity index (χ3n) is 3.38. The van der Waals surface area contributed by atoms with E-state index in [1.165, 1.54) is 16.9 Å². The topological polar surface area (TPSA) is 72.3 Å². The van der Waals surface area contributed by atoms with Gasteiger partial charge in [0.25, 0.3) is 5.19 Å². The Hall–Kier alpha value is -2.47. The monoisotopic (exact) mass is 328 g/mol. The quantitative estimate of drug-likeness (QED) is 0.655. The fourth-order valence-electron chi connectivity index (χ4n) is 2.22. The van der Waals surface area contributed by atoms with Gasteiger partial charge < -0.3 is 9.84 Å². The standard InChI is InChI=1S/C17H16N2O3S/c20-15(21)6-2-1-4-12-7-9-13(10-8-12)22-17-19-16-14(23-17)5-3-11-18-16/h3,5,7-11H,1-2,4,6H2,(H,20,21). The van der Waals surface area contributed by atoms with Gasteiger partial charge in [0.15, 0.2) is 5.65 Å². The number of thiazole rings is 1. The fraction of sp³-hybridized carbons (Fsp3) is 0.235. The van der Waals surface area contributed by atoms with Gasteiger partial charge in [-0.15, -0.1) is 0 Å². The van der Waals surface area contributed by atoms with Gasteiger partial charge in [-0.05, 0) is 49.1 Å². The summed E-state index contributed by atoms with van der Waals surface area (Å²) in [6, 6.07) is 11.7. The summed E-state index contributed by atoms with van der Waals surface area (Å²) in [6.45, 7) is 0. The van der Waals surface area contributed by atoms with Crippen LogP contribution in [0.1, 0.15) is 24.8 Å². The molecule has 2 heterocycles. The molecule has 0 unspecified atom stereocenters. The van der Waals surface area contributed by atoms with Crippen LogP contribution in [0.3, 0.4) is 0 Å². The van der Waals surface area contributed by atoms with Crippen molar-refractivity contribution in [3.63, 3.8) is 0 Å². The van der Waals surface area contributed by atoms with Crippen LogP contribution >= 0.6 is 11.3 Å². The van der Waals surface area contributed by atoms with Gasteiger partial charge in [-0.3, -0.25) is 4.79 Å². The first-order chi connectivity index (χ1) is 11.2. The van der Waals surface area contributed by atoms with E-state index >= 15 is 0 Å². The average Bonchev–Trinajstić information content (AvgIpc) is 2.95. The van der Waals surface area contributed by atoms with E-state index in [1.54, 1.807) is 6.20 Å². The summed E-state index contributed by atoms with van der Waals surface area (Å²) in [4.78, 5) is 19.0. The zero-order chi connectivity index (χ0) is 16.1. The fourth-order valence-corrected chi connectivity index (χ4v) is 3.02. The Bertz CT molecular complexity index is 766. The second-order valence-corrected chi connectivity index (χ2v) is 6.14. The van der Waals surface area contributed by atoms with Crippen molar-refractivity contribution in [2.45, 2.75) is 25.7 Å². The van der Waals surface area contributed by atoms with E-state index in [9.17, 15) is 4.79 Å². The van der Waals surface area contributed by atoms with Gasteiger partial charge in [-0.2, -0.15) is 4.98 Å². The van der Waals surface area contributed by atoms with Gasteiger partial charge in [0.2, 0.25) is 0 Å². The normalized spacial score (nSPS) is 10.8. The number of carboxylic acid groups (broad SMARTS) is 1. The van der Waals surface area contributed by atoms with Gasteiger partial charge in [0, 0.05) is 12.6 Å². The molecule has 0 aliphatic heterocycles. The molecule has 5 nitrogen and oxygen atoms in total. The highest BCUT2D eigenvalue weighted by Gasteiger charge is 2.06. The van der Waals surface area contributed by atoms with E-state index in [0.717, 1.165) is 23.3 Å². The SMILES string of the molecule is O=C(O)CCCCc1ccc(Oc2nc3ncccc3s2)cc1. The lowest BCUT2D eigenvalue weighted by Crippen LogP contribution is -1.94. The number of fused-ring (bicyclic) bond motifs is 1. The molecule has 0 saturated heterocycles. The van der Waals surface area contributed by atoms with Crippen molar-refractivity contribution in [2.24, 2.45) is 0 Å². The van der Waals surface area contributed by atoms with Crippen molar-refractivity contribution >= 4 is 27.7 Å². The smallest absolute Gasteiger partial charge is 0.303 e. The Kier molecular flexibility index (Phi) is 4.83. The Morgan fingerprint density at radius 2 is 2.00 bits per heavy atom. The Labute approximate surface area is 137 Å². The highest BCUT2D eigenvalue weighted by molar-refractivity contribution is 7.20. The summed E-state index contributed by atoms with van der Waals surface area (Å²) < 4.78 is 6.76. The molecule has 0 fully saturated rings. The number of hydrogen-bond acceptors (Lipinski definition) is 5. The number of nitrogens with zero attached hydrogens (tertiary/aromatic N) is 2. The summed E-state index contributed by atoms with van der Waals surface area (Å²) in [7, 11) is 0. The first-order valence-corrected chi connectivity index (χ1v) is 8.22. The second kappa shape index (κ2) is 7.19. The number of benzene rings is 1. The molecule has 0 amide bonds. The van der Waals surface area contributed by atoms with Crippen molar-refractivity contribution < 1.29 is 14.6 Å². The molecule has 0 radical (unpaired) electrons. The summed E-state index contributed by atoms with van der Waals surface area (Å²) in [5.41, 5.74) is 1.87. The lowest BCUT2D eigenvalue weighted by Gasteiger charge is -2.04. The van der Waals surface area contributed by atoms with Crippen LogP contribution < -0.4 is 4.74 Å². The number of hydrogen-bond donors (Lipinski definition) is 1. The minimum Gasteiger partial charge on any atom is -0.481 e. The maximum atomic E-state index is 10.5. The maximum Gasteiger partial charge on any atom is 0.303 e. The van der Waals surface area contributed by atoms with Crippen LogP contribution in [-0.2, 0) is 11.2 Å². The van der Waals surface area contributed by atoms with Crippen LogP contribution in [0.2, 0.25) is 0 Å².